The van der Waals surface area contributed by atoms with E-state index in [0.717, 1.165) is 32.6 Å². The second-order valence-corrected chi connectivity index (χ2v) is 8.63. The van der Waals surface area contributed by atoms with E-state index in [0.29, 0.717) is 9.67 Å². The minimum absolute atomic E-state index is 0.0827. The van der Waals surface area contributed by atoms with E-state index in [9.17, 15) is 23.5 Å². The molecule has 11 heteroatoms. The molecule has 0 fully saturated rings. The lowest BCUT2D eigenvalue weighted by molar-refractivity contribution is 0.283. The zero-order valence-corrected chi connectivity index (χ0v) is 17.8. The monoisotopic (exact) mass is 497 g/mol. The summed E-state index contributed by atoms with van der Waals surface area (Å²) in [7, 11) is 1.42. The molecule has 0 unspecified atom stereocenters. The van der Waals surface area contributed by atoms with Crippen LogP contribution in [0, 0.1) is 11.6 Å². The van der Waals surface area contributed by atoms with Gasteiger partial charge in [0.25, 0.3) is 5.56 Å². The molecule has 0 bridgehead atoms. The average Bonchev–Trinajstić information content (AvgIpc) is 3.31. The van der Waals surface area contributed by atoms with Crippen molar-refractivity contribution in [3.05, 3.63) is 77.7 Å². The van der Waals surface area contributed by atoms with Crippen molar-refractivity contribution in [2.75, 3.05) is 7.11 Å². The summed E-state index contributed by atoms with van der Waals surface area (Å²) in [6.45, 7) is -0.903. The number of nitrogens with zero attached hydrogens (tertiary/aromatic N) is 2. The lowest BCUT2D eigenvalue weighted by atomic mass is 10.2. The van der Waals surface area contributed by atoms with E-state index in [-0.39, 0.29) is 27.2 Å². The van der Waals surface area contributed by atoms with E-state index in [4.69, 9.17) is 4.74 Å². The summed E-state index contributed by atoms with van der Waals surface area (Å²) in [5, 5.41) is 9.85. The molecular formula is C19H14BrF2N3O4S. The van der Waals surface area contributed by atoms with Crippen LogP contribution in [0.4, 0.5) is 8.78 Å². The first-order valence-electron chi connectivity index (χ1n) is 8.61. The van der Waals surface area contributed by atoms with E-state index in [1.54, 1.807) is 0 Å². The Morgan fingerprint density at radius 3 is 2.47 bits per heavy atom. The van der Waals surface area contributed by atoms with Crippen molar-refractivity contribution in [3.63, 3.8) is 0 Å². The van der Waals surface area contributed by atoms with Crippen molar-refractivity contribution in [3.8, 4) is 11.7 Å². The van der Waals surface area contributed by atoms with Gasteiger partial charge in [0.15, 0.2) is 5.88 Å². The Kier molecular flexibility index (Phi) is 5.35. The van der Waals surface area contributed by atoms with E-state index in [1.165, 1.54) is 25.3 Å². The molecule has 3 heterocycles. The fourth-order valence-electron chi connectivity index (χ4n) is 3.19. The van der Waals surface area contributed by atoms with Gasteiger partial charge in [-0.3, -0.25) is 9.36 Å². The maximum atomic E-state index is 14.3. The van der Waals surface area contributed by atoms with Gasteiger partial charge in [0, 0.05) is 17.2 Å². The number of rotatable bonds is 5. The number of fused-ring (bicyclic) bond motifs is 1. The van der Waals surface area contributed by atoms with Crippen molar-refractivity contribution in [2.24, 2.45) is 0 Å². The molecule has 4 aromatic rings. The smallest absolute Gasteiger partial charge is 0.338 e. The summed E-state index contributed by atoms with van der Waals surface area (Å²) < 4.78 is 36.0. The molecule has 0 saturated carbocycles. The second-order valence-electron chi connectivity index (χ2n) is 6.31. The topological polar surface area (TPSA) is 89.2 Å². The van der Waals surface area contributed by atoms with Gasteiger partial charge in [-0.1, -0.05) is 6.07 Å². The molecule has 0 amide bonds. The molecule has 7 nitrogen and oxygen atoms in total. The van der Waals surface area contributed by atoms with Gasteiger partial charge in [0.1, 0.15) is 22.3 Å². The fourth-order valence-corrected chi connectivity index (χ4v) is 5.00. The maximum Gasteiger partial charge on any atom is 0.338 e. The lowest BCUT2D eigenvalue weighted by Gasteiger charge is -2.12. The molecule has 3 aromatic heterocycles. The molecule has 0 atom stereocenters. The number of thiophene rings is 1. The molecular weight excluding hydrogens is 484 g/mol. The van der Waals surface area contributed by atoms with Gasteiger partial charge in [-0.25, -0.2) is 18.1 Å². The standard InChI is InChI=1S/C19H14BrF2N3O4S/c1-29-14-6-5-13(23-14)25-17(27)15-10(8-26)16(20)30-18(15)24(19(25)28)7-9-11(21)3-2-4-12(9)22/h2-6,23,26H,7-8H2,1H3. The van der Waals surface area contributed by atoms with Gasteiger partial charge in [-0.05, 0) is 34.1 Å². The number of hydrogen-bond acceptors (Lipinski definition) is 5. The van der Waals surface area contributed by atoms with Gasteiger partial charge in [-0.2, -0.15) is 0 Å². The van der Waals surface area contributed by atoms with Crippen molar-refractivity contribution in [1.82, 2.24) is 14.1 Å². The number of methoxy groups -OCH3 is 1. The predicted octanol–water partition coefficient (Wildman–Crippen LogP) is 3.13. The molecule has 2 N–H and O–H groups in total. The number of aromatic amines is 1. The Bertz CT molecular complexity index is 1370. The van der Waals surface area contributed by atoms with Gasteiger partial charge < -0.3 is 14.8 Å². The van der Waals surface area contributed by atoms with E-state index in [1.807, 2.05) is 0 Å². The van der Waals surface area contributed by atoms with Crippen molar-refractivity contribution in [1.29, 1.82) is 0 Å². The first-order valence-corrected chi connectivity index (χ1v) is 10.2. The summed E-state index contributed by atoms with van der Waals surface area (Å²) in [6.07, 6.45) is 0. The quantitative estimate of drug-likeness (QED) is 0.443. The third kappa shape index (κ3) is 3.18. The third-order valence-corrected chi connectivity index (χ3v) is 6.67. The van der Waals surface area contributed by atoms with Gasteiger partial charge >= 0.3 is 5.69 Å². The molecule has 4 rings (SSSR count). The van der Waals surface area contributed by atoms with Gasteiger partial charge in [-0.15, -0.1) is 11.3 Å². The van der Waals surface area contributed by atoms with Crippen LogP contribution in [0.1, 0.15) is 11.1 Å². The molecule has 0 spiro atoms. The van der Waals surface area contributed by atoms with E-state index in [2.05, 4.69) is 20.9 Å². The largest absolute Gasteiger partial charge is 0.482 e. The number of aliphatic hydroxyl groups excluding tert-OH is 1. The SMILES string of the molecule is COc1ccc(-n2c(=O)c3c(CO)c(Br)sc3n(Cc3c(F)cccc3F)c2=O)[nH]1. The zero-order valence-electron chi connectivity index (χ0n) is 15.4. The first-order chi connectivity index (χ1) is 14.4. The molecule has 0 radical (unpaired) electrons. The highest BCUT2D eigenvalue weighted by atomic mass is 79.9. The van der Waals surface area contributed by atoms with Crippen molar-refractivity contribution in [2.45, 2.75) is 13.2 Å². The number of ether oxygens (including phenoxy) is 1. The maximum absolute atomic E-state index is 14.3. The molecule has 0 saturated heterocycles. The molecule has 0 aliphatic carbocycles. The van der Waals surface area contributed by atoms with E-state index >= 15 is 0 Å². The molecule has 0 aliphatic rings. The summed E-state index contributed by atoms with van der Waals surface area (Å²) in [6, 6.07) is 6.42. The van der Waals surface area contributed by atoms with Crippen LogP contribution in [0.5, 0.6) is 5.88 Å². The highest BCUT2D eigenvalue weighted by Gasteiger charge is 2.23. The molecule has 156 valence electrons. The van der Waals surface area contributed by atoms with Gasteiger partial charge in [0.05, 0.1) is 29.4 Å². The minimum Gasteiger partial charge on any atom is -0.482 e. The highest BCUT2D eigenvalue weighted by molar-refractivity contribution is 9.11. The zero-order chi connectivity index (χ0) is 21.6. The first kappa shape index (κ1) is 20.5. The van der Waals surface area contributed by atoms with E-state index < -0.39 is 36.0 Å². The lowest BCUT2D eigenvalue weighted by Crippen LogP contribution is -2.39. The highest BCUT2D eigenvalue weighted by Crippen LogP contribution is 2.33. The normalized spacial score (nSPS) is 11.4. The molecule has 30 heavy (non-hydrogen) atoms. The number of halogens is 3. The Hall–Kier alpha value is -2.76. The average molecular weight is 498 g/mol. The Morgan fingerprint density at radius 1 is 1.17 bits per heavy atom. The second kappa shape index (κ2) is 7.82. The van der Waals surface area contributed by atoms with Crippen molar-refractivity contribution >= 4 is 37.5 Å². The Balaban J connectivity index is 2.09. The molecule has 0 aliphatic heterocycles. The fraction of sp³-hybridized carbons (Fsp3) is 0.158. The summed E-state index contributed by atoms with van der Waals surface area (Å²) in [5.41, 5.74) is -1.49. The predicted molar refractivity (Wildman–Crippen MR) is 112 cm³/mol. The number of hydrogen-bond donors (Lipinski definition) is 2. The van der Waals surface area contributed by atoms with Crippen LogP contribution >= 0.6 is 27.3 Å². The Morgan fingerprint density at radius 2 is 1.87 bits per heavy atom. The summed E-state index contributed by atoms with van der Waals surface area (Å²) >= 11 is 4.32. The number of benzene rings is 1. The van der Waals surface area contributed by atoms with Crippen LogP contribution in [0.3, 0.4) is 0 Å². The van der Waals surface area contributed by atoms with Crippen LogP contribution in [0.2, 0.25) is 0 Å². The van der Waals surface area contributed by atoms with Gasteiger partial charge in [0.2, 0.25) is 0 Å². The van der Waals surface area contributed by atoms with Crippen LogP contribution in [-0.4, -0.2) is 26.3 Å². The summed E-state index contributed by atoms with van der Waals surface area (Å²) in [5.74, 6) is -1.19. The summed E-state index contributed by atoms with van der Waals surface area (Å²) in [4.78, 5) is 29.5. The number of aromatic nitrogens is 3. The van der Waals surface area contributed by atoms with Crippen LogP contribution < -0.4 is 16.0 Å². The molecule has 1 aromatic carbocycles. The number of nitrogens with one attached hydrogen (secondary N) is 1. The van der Waals surface area contributed by atoms with Crippen molar-refractivity contribution < 1.29 is 18.6 Å². The number of aliphatic hydroxyl groups is 1. The third-order valence-electron chi connectivity index (χ3n) is 4.66. The van der Waals surface area contributed by atoms with Crippen LogP contribution in [0.25, 0.3) is 16.0 Å². The van der Waals surface area contributed by atoms with Crippen LogP contribution in [0.15, 0.2) is 43.7 Å². The Labute approximate surface area is 179 Å². The number of H-pyrrole nitrogens is 1. The minimum atomic E-state index is -0.813. The van der Waals surface area contributed by atoms with Crippen LogP contribution in [-0.2, 0) is 13.2 Å².